The molecule has 2 heteroatoms. The highest BCUT2D eigenvalue weighted by atomic mass is 14.9. The van der Waals surface area contributed by atoms with Crippen LogP contribution >= 0.6 is 0 Å². The van der Waals surface area contributed by atoms with Gasteiger partial charge in [-0.05, 0) is 31.3 Å². The van der Waals surface area contributed by atoms with Gasteiger partial charge >= 0.3 is 0 Å². The first-order valence-electron chi connectivity index (χ1n) is 5.33. The van der Waals surface area contributed by atoms with E-state index in [-0.39, 0.29) is 0 Å². The molecule has 13 heavy (non-hydrogen) atoms. The summed E-state index contributed by atoms with van der Waals surface area (Å²) in [4.78, 5) is 0. The summed E-state index contributed by atoms with van der Waals surface area (Å²) in [5.74, 6) is 0.787. The largest absolute Gasteiger partial charge is 0.318 e. The molecule has 2 N–H and O–H groups in total. The fraction of sp³-hybridized carbons (Fsp3) is 1.00. The molecule has 0 aliphatic heterocycles. The molecular weight excluding hydrogens is 160 g/mol. The minimum absolute atomic E-state index is 0.449. The Morgan fingerprint density at radius 1 is 1.08 bits per heavy atom. The van der Waals surface area contributed by atoms with Crippen LogP contribution in [0.15, 0.2) is 0 Å². The summed E-state index contributed by atoms with van der Waals surface area (Å²) in [7, 11) is 1.99. The Labute approximate surface area is 83.5 Å². The molecule has 0 aromatic carbocycles. The van der Waals surface area contributed by atoms with Crippen LogP contribution in [0.25, 0.3) is 0 Å². The van der Waals surface area contributed by atoms with E-state index in [2.05, 4.69) is 38.3 Å². The molecule has 0 aromatic heterocycles. The first-order valence-corrected chi connectivity index (χ1v) is 5.33. The average Bonchev–Trinajstić information content (AvgIpc) is 2.02. The van der Waals surface area contributed by atoms with E-state index in [0.29, 0.717) is 5.41 Å². The van der Waals surface area contributed by atoms with Gasteiger partial charge in [-0.1, -0.05) is 27.7 Å². The van der Waals surface area contributed by atoms with Crippen molar-refractivity contribution in [2.75, 3.05) is 26.7 Å². The maximum absolute atomic E-state index is 3.43. The van der Waals surface area contributed by atoms with Crippen molar-refractivity contribution >= 4 is 0 Å². The minimum atomic E-state index is 0.449. The van der Waals surface area contributed by atoms with Gasteiger partial charge in [-0.15, -0.1) is 0 Å². The van der Waals surface area contributed by atoms with Crippen molar-refractivity contribution in [3.63, 3.8) is 0 Å². The fourth-order valence-electron chi connectivity index (χ4n) is 1.09. The van der Waals surface area contributed by atoms with Crippen LogP contribution in [0.1, 0.15) is 34.1 Å². The molecule has 0 heterocycles. The lowest BCUT2D eigenvalue weighted by Gasteiger charge is -2.27. The highest BCUT2D eigenvalue weighted by Crippen LogP contribution is 2.27. The third-order valence-electron chi connectivity index (χ3n) is 2.78. The number of rotatable bonds is 6. The second-order valence-corrected chi connectivity index (χ2v) is 4.91. The Morgan fingerprint density at radius 3 is 2.15 bits per heavy atom. The van der Waals surface area contributed by atoms with E-state index in [9.17, 15) is 0 Å². The second-order valence-electron chi connectivity index (χ2n) is 4.91. The first kappa shape index (κ1) is 12.9. The zero-order chi connectivity index (χ0) is 10.3. The van der Waals surface area contributed by atoms with E-state index in [1.54, 1.807) is 0 Å². The van der Waals surface area contributed by atoms with E-state index >= 15 is 0 Å². The number of nitrogens with one attached hydrogen (secondary N) is 2. The third kappa shape index (κ3) is 7.03. The molecule has 0 bridgehead atoms. The van der Waals surface area contributed by atoms with Crippen LogP contribution in [-0.2, 0) is 0 Å². The summed E-state index contributed by atoms with van der Waals surface area (Å²) in [5, 5.41) is 6.55. The molecule has 0 fully saturated rings. The Hall–Kier alpha value is -0.0800. The van der Waals surface area contributed by atoms with Crippen molar-refractivity contribution in [3.05, 3.63) is 0 Å². The fourth-order valence-corrected chi connectivity index (χ4v) is 1.09. The Balaban J connectivity index is 3.32. The monoisotopic (exact) mass is 186 g/mol. The Bertz CT molecular complexity index is 116. The summed E-state index contributed by atoms with van der Waals surface area (Å²) in [6.45, 7) is 12.5. The SMILES string of the molecule is CNCCNCCC(C)C(C)(C)C. The van der Waals surface area contributed by atoms with Crippen LogP contribution < -0.4 is 10.6 Å². The van der Waals surface area contributed by atoms with Gasteiger partial charge in [0, 0.05) is 13.1 Å². The molecule has 0 saturated carbocycles. The maximum Gasteiger partial charge on any atom is 0.00766 e. The molecule has 0 amide bonds. The molecule has 0 aromatic rings. The number of hydrogen-bond acceptors (Lipinski definition) is 2. The predicted molar refractivity (Wildman–Crippen MR) is 60.0 cm³/mol. The van der Waals surface area contributed by atoms with Gasteiger partial charge in [0.2, 0.25) is 0 Å². The van der Waals surface area contributed by atoms with Gasteiger partial charge in [-0.25, -0.2) is 0 Å². The molecule has 1 unspecified atom stereocenters. The predicted octanol–water partition coefficient (Wildman–Crippen LogP) is 1.87. The van der Waals surface area contributed by atoms with Gasteiger partial charge < -0.3 is 10.6 Å². The standard InChI is InChI=1S/C11H26N2/c1-10(11(2,3)4)6-7-13-9-8-12-5/h10,12-13H,6-9H2,1-5H3. The summed E-state index contributed by atoms with van der Waals surface area (Å²) in [6.07, 6.45) is 1.27. The summed E-state index contributed by atoms with van der Waals surface area (Å²) in [6, 6.07) is 0. The van der Waals surface area contributed by atoms with Crippen molar-refractivity contribution in [1.82, 2.24) is 10.6 Å². The molecule has 0 spiro atoms. The van der Waals surface area contributed by atoms with Gasteiger partial charge in [0.05, 0.1) is 0 Å². The lowest BCUT2D eigenvalue weighted by Crippen LogP contribution is -2.28. The number of likely N-dealkylation sites (N-methyl/N-ethyl adjacent to an activating group) is 1. The van der Waals surface area contributed by atoms with Crippen LogP contribution in [0.2, 0.25) is 0 Å². The van der Waals surface area contributed by atoms with Crippen molar-refractivity contribution in [2.24, 2.45) is 11.3 Å². The summed E-state index contributed by atoms with van der Waals surface area (Å²) in [5.41, 5.74) is 0.449. The highest BCUT2D eigenvalue weighted by Gasteiger charge is 2.18. The lowest BCUT2D eigenvalue weighted by atomic mass is 9.80. The van der Waals surface area contributed by atoms with E-state index in [4.69, 9.17) is 0 Å². The lowest BCUT2D eigenvalue weighted by molar-refractivity contribution is 0.245. The van der Waals surface area contributed by atoms with Crippen LogP contribution in [0.4, 0.5) is 0 Å². The van der Waals surface area contributed by atoms with Crippen molar-refractivity contribution in [3.8, 4) is 0 Å². The van der Waals surface area contributed by atoms with Gasteiger partial charge in [-0.2, -0.15) is 0 Å². The molecule has 1 atom stereocenters. The molecule has 0 aliphatic rings. The molecule has 0 rings (SSSR count). The Kier molecular flexibility index (Phi) is 6.35. The molecule has 0 radical (unpaired) electrons. The van der Waals surface area contributed by atoms with E-state index in [0.717, 1.165) is 25.6 Å². The van der Waals surface area contributed by atoms with E-state index in [1.807, 2.05) is 7.05 Å². The molecule has 0 saturated heterocycles. The van der Waals surface area contributed by atoms with E-state index in [1.165, 1.54) is 6.42 Å². The van der Waals surface area contributed by atoms with Gasteiger partial charge in [0.1, 0.15) is 0 Å². The van der Waals surface area contributed by atoms with Crippen molar-refractivity contribution in [1.29, 1.82) is 0 Å². The Morgan fingerprint density at radius 2 is 1.69 bits per heavy atom. The van der Waals surface area contributed by atoms with Crippen molar-refractivity contribution < 1.29 is 0 Å². The van der Waals surface area contributed by atoms with E-state index < -0.39 is 0 Å². The molecule has 2 nitrogen and oxygen atoms in total. The topological polar surface area (TPSA) is 24.1 Å². The van der Waals surface area contributed by atoms with Crippen LogP contribution in [-0.4, -0.2) is 26.7 Å². The number of hydrogen-bond donors (Lipinski definition) is 2. The normalized spacial score (nSPS) is 14.5. The van der Waals surface area contributed by atoms with Crippen molar-refractivity contribution in [2.45, 2.75) is 34.1 Å². The van der Waals surface area contributed by atoms with Gasteiger partial charge in [0.25, 0.3) is 0 Å². The smallest absolute Gasteiger partial charge is 0.00766 e. The third-order valence-corrected chi connectivity index (χ3v) is 2.78. The zero-order valence-corrected chi connectivity index (χ0v) is 9.91. The maximum atomic E-state index is 3.43. The average molecular weight is 186 g/mol. The van der Waals surface area contributed by atoms with Crippen LogP contribution in [0.5, 0.6) is 0 Å². The highest BCUT2D eigenvalue weighted by molar-refractivity contribution is 4.70. The van der Waals surface area contributed by atoms with Gasteiger partial charge in [-0.3, -0.25) is 0 Å². The minimum Gasteiger partial charge on any atom is -0.318 e. The molecule has 80 valence electrons. The van der Waals surface area contributed by atoms with Gasteiger partial charge in [0.15, 0.2) is 0 Å². The van der Waals surface area contributed by atoms with Crippen LogP contribution in [0, 0.1) is 11.3 Å². The van der Waals surface area contributed by atoms with Crippen LogP contribution in [0.3, 0.4) is 0 Å². The quantitative estimate of drug-likeness (QED) is 0.619. The molecular formula is C11H26N2. The first-order chi connectivity index (χ1) is 5.98. The molecule has 0 aliphatic carbocycles. The summed E-state index contributed by atoms with van der Waals surface area (Å²) >= 11 is 0. The second kappa shape index (κ2) is 6.39. The summed E-state index contributed by atoms with van der Waals surface area (Å²) < 4.78 is 0. The zero-order valence-electron chi connectivity index (χ0n) is 9.91.